The Hall–Kier alpha value is -0.310. The third-order valence-electron chi connectivity index (χ3n) is 6.34. The number of hydrogen-bond acceptors (Lipinski definition) is 2. The highest BCUT2D eigenvalue weighted by molar-refractivity contribution is 6.30. The van der Waals surface area contributed by atoms with Gasteiger partial charge >= 0.3 is 0 Å². The molecule has 0 aromatic rings. The molecule has 0 heterocycles. The van der Waals surface area contributed by atoms with E-state index in [0.29, 0.717) is 31.2 Å². The molecule has 144 valence electrons. The molecule has 2 aliphatic rings. The molecular formula is C22H37ClO2. The average Bonchev–Trinajstić information content (AvgIpc) is 3.31. The molecule has 0 N–H and O–H groups in total. The molecule has 0 aromatic heterocycles. The van der Waals surface area contributed by atoms with Gasteiger partial charge in [-0.1, -0.05) is 44.5 Å². The molecule has 5 atom stereocenters. The van der Waals surface area contributed by atoms with E-state index in [2.05, 4.69) is 40.3 Å². The molecule has 0 radical (unpaired) electrons. The number of hydrogen-bond donors (Lipinski definition) is 0. The Labute approximate surface area is 160 Å². The van der Waals surface area contributed by atoms with Crippen LogP contribution in [0.25, 0.3) is 0 Å². The lowest BCUT2D eigenvalue weighted by molar-refractivity contribution is 0.0114. The zero-order valence-electron chi connectivity index (χ0n) is 16.6. The van der Waals surface area contributed by atoms with Crippen molar-refractivity contribution in [3.05, 3.63) is 23.8 Å². The van der Waals surface area contributed by atoms with Crippen molar-refractivity contribution in [3.8, 4) is 0 Å². The molecule has 1 fully saturated rings. The van der Waals surface area contributed by atoms with Crippen LogP contribution in [0.15, 0.2) is 23.8 Å². The third kappa shape index (κ3) is 5.58. The summed E-state index contributed by atoms with van der Waals surface area (Å²) in [5, 5.41) is 1.16. The van der Waals surface area contributed by atoms with E-state index < -0.39 is 0 Å². The van der Waals surface area contributed by atoms with Gasteiger partial charge in [0, 0.05) is 10.4 Å². The normalized spacial score (nSPS) is 30.6. The molecule has 2 nitrogen and oxygen atoms in total. The summed E-state index contributed by atoms with van der Waals surface area (Å²) in [7, 11) is 0. The Balaban J connectivity index is 1.77. The van der Waals surface area contributed by atoms with Crippen LogP contribution in [-0.4, -0.2) is 25.9 Å². The average molecular weight is 369 g/mol. The Kier molecular flexibility index (Phi) is 8.04. The Bertz CT molecular complexity index is 459. The van der Waals surface area contributed by atoms with E-state index in [-0.39, 0.29) is 6.10 Å². The molecule has 1 saturated carbocycles. The van der Waals surface area contributed by atoms with Crippen LogP contribution in [-0.2, 0) is 9.47 Å². The maximum atomic E-state index is 6.67. The molecule has 25 heavy (non-hydrogen) atoms. The van der Waals surface area contributed by atoms with Gasteiger partial charge in [-0.05, 0) is 62.7 Å². The minimum atomic E-state index is 0.289. The third-order valence-corrected chi connectivity index (χ3v) is 6.87. The monoisotopic (exact) mass is 368 g/mol. The second kappa shape index (κ2) is 9.58. The summed E-state index contributed by atoms with van der Waals surface area (Å²) in [6.07, 6.45) is 10.4. The first-order valence-electron chi connectivity index (χ1n) is 10.1. The molecule has 3 heteroatoms. The predicted molar refractivity (Wildman–Crippen MR) is 107 cm³/mol. The fourth-order valence-electron chi connectivity index (χ4n) is 4.49. The Morgan fingerprint density at radius 1 is 1.32 bits per heavy atom. The second-order valence-corrected chi connectivity index (χ2v) is 8.97. The van der Waals surface area contributed by atoms with Gasteiger partial charge in [0.15, 0.2) is 0 Å². The van der Waals surface area contributed by atoms with Gasteiger partial charge in [-0.2, -0.15) is 0 Å². The summed E-state index contributed by atoms with van der Waals surface area (Å²) >= 11 is 6.67. The smallest absolute Gasteiger partial charge is 0.0704 e. The van der Waals surface area contributed by atoms with E-state index in [0.717, 1.165) is 35.6 Å². The van der Waals surface area contributed by atoms with Gasteiger partial charge in [-0.15, -0.1) is 6.58 Å². The molecule has 2 rings (SSSR count). The largest absolute Gasteiger partial charge is 0.376 e. The van der Waals surface area contributed by atoms with Crippen molar-refractivity contribution in [2.75, 3.05) is 19.8 Å². The van der Waals surface area contributed by atoms with Crippen LogP contribution in [0, 0.1) is 29.1 Å². The molecule has 0 amide bonds. The topological polar surface area (TPSA) is 18.5 Å². The van der Waals surface area contributed by atoms with Crippen LogP contribution in [0.1, 0.15) is 59.8 Å². The first kappa shape index (κ1) is 21.0. The minimum absolute atomic E-state index is 0.289. The SMILES string of the molecule is C=CCOCCO[C@@H](C)CCC(C[C@@]12C[C@H]1[C@H](C)CC=C2Cl)C(C)C. The van der Waals surface area contributed by atoms with Crippen molar-refractivity contribution in [1.82, 2.24) is 0 Å². The van der Waals surface area contributed by atoms with E-state index in [1.54, 1.807) is 6.08 Å². The molecule has 1 unspecified atom stereocenters. The molecule has 0 aliphatic heterocycles. The van der Waals surface area contributed by atoms with Crippen molar-refractivity contribution in [3.63, 3.8) is 0 Å². The Morgan fingerprint density at radius 2 is 2.08 bits per heavy atom. The molecule has 0 spiro atoms. The first-order chi connectivity index (χ1) is 11.9. The van der Waals surface area contributed by atoms with Crippen LogP contribution < -0.4 is 0 Å². The number of rotatable bonds is 12. The fraction of sp³-hybridized carbons (Fsp3) is 0.818. The summed E-state index contributed by atoms with van der Waals surface area (Å²) in [4.78, 5) is 0. The van der Waals surface area contributed by atoms with Gasteiger partial charge in [0.05, 0.1) is 25.9 Å². The summed E-state index contributed by atoms with van der Waals surface area (Å²) in [6.45, 7) is 14.8. The van der Waals surface area contributed by atoms with E-state index in [9.17, 15) is 0 Å². The number of allylic oxidation sites excluding steroid dienone is 2. The summed E-state index contributed by atoms with van der Waals surface area (Å²) < 4.78 is 11.3. The van der Waals surface area contributed by atoms with Crippen molar-refractivity contribution >= 4 is 11.6 Å². The summed E-state index contributed by atoms with van der Waals surface area (Å²) in [5.41, 5.74) is 0.316. The van der Waals surface area contributed by atoms with E-state index in [4.69, 9.17) is 21.1 Å². The predicted octanol–water partition coefficient (Wildman–Crippen LogP) is 6.21. The first-order valence-corrected chi connectivity index (χ1v) is 10.4. The van der Waals surface area contributed by atoms with Crippen LogP contribution >= 0.6 is 11.6 Å². The highest BCUT2D eigenvalue weighted by Crippen LogP contribution is 2.68. The standard InChI is InChI=1S/C22H37ClO2/c1-6-11-24-12-13-25-18(5)8-9-19(16(2)3)14-22-15-20(22)17(4)7-10-21(22)23/h6,10,16-20H,1,7-9,11-15H2,2-5H3/t17-,18+,19?,20+,22-/m1/s1. The quantitative estimate of drug-likeness (QED) is 0.301. The van der Waals surface area contributed by atoms with Gasteiger partial charge in [0.2, 0.25) is 0 Å². The van der Waals surface area contributed by atoms with Crippen LogP contribution in [0.3, 0.4) is 0 Å². The summed E-state index contributed by atoms with van der Waals surface area (Å²) in [6, 6.07) is 0. The lowest BCUT2D eigenvalue weighted by Crippen LogP contribution is -2.22. The van der Waals surface area contributed by atoms with E-state index >= 15 is 0 Å². The lowest BCUT2D eigenvalue weighted by Gasteiger charge is -2.31. The van der Waals surface area contributed by atoms with Gasteiger partial charge in [-0.3, -0.25) is 0 Å². The van der Waals surface area contributed by atoms with Crippen LogP contribution in [0.2, 0.25) is 0 Å². The van der Waals surface area contributed by atoms with Gasteiger partial charge < -0.3 is 9.47 Å². The minimum Gasteiger partial charge on any atom is -0.376 e. The highest BCUT2D eigenvalue weighted by atomic mass is 35.5. The summed E-state index contributed by atoms with van der Waals surface area (Å²) in [5.74, 6) is 3.04. The van der Waals surface area contributed by atoms with Crippen molar-refractivity contribution < 1.29 is 9.47 Å². The highest BCUT2D eigenvalue weighted by Gasteiger charge is 2.59. The maximum Gasteiger partial charge on any atom is 0.0704 e. The van der Waals surface area contributed by atoms with Gasteiger partial charge in [0.1, 0.15) is 0 Å². The van der Waals surface area contributed by atoms with Crippen molar-refractivity contribution in [1.29, 1.82) is 0 Å². The van der Waals surface area contributed by atoms with Gasteiger partial charge in [0.25, 0.3) is 0 Å². The maximum absolute atomic E-state index is 6.67. The fourth-order valence-corrected chi connectivity index (χ4v) is 4.87. The second-order valence-electron chi connectivity index (χ2n) is 8.56. The zero-order chi connectivity index (χ0) is 18.4. The lowest BCUT2D eigenvalue weighted by atomic mass is 9.76. The van der Waals surface area contributed by atoms with Crippen molar-refractivity contribution in [2.24, 2.45) is 29.1 Å². The Morgan fingerprint density at radius 3 is 2.76 bits per heavy atom. The number of halogens is 1. The molecule has 0 aromatic carbocycles. The number of fused-ring (bicyclic) bond motifs is 1. The molecule has 0 bridgehead atoms. The van der Waals surface area contributed by atoms with Crippen LogP contribution in [0.4, 0.5) is 0 Å². The van der Waals surface area contributed by atoms with E-state index in [1.165, 1.54) is 19.3 Å². The van der Waals surface area contributed by atoms with E-state index in [1.807, 2.05) is 0 Å². The number of ether oxygens (including phenoxy) is 2. The zero-order valence-corrected chi connectivity index (χ0v) is 17.4. The molecule has 2 aliphatic carbocycles. The molecule has 0 saturated heterocycles. The van der Waals surface area contributed by atoms with Gasteiger partial charge in [-0.25, -0.2) is 0 Å². The molecular weight excluding hydrogens is 332 g/mol. The van der Waals surface area contributed by atoms with Crippen LogP contribution in [0.5, 0.6) is 0 Å². The van der Waals surface area contributed by atoms with Crippen molar-refractivity contribution in [2.45, 2.75) is 65.9 Å².